The van der Waals surface area contributed by atoms with Gasteiger partial charge in [0.1, 0.15) is 5.76 Å². The van der Waals surface area contributed by atoms with Crippen molar-refractivity contribution in [1.82, 2.24) is 4.90 Å². The van der Waals surface area contributed by atoms with E-state index in [1.165, 1.54) is 19.4 Å². The van der Waals surface area contributed by atoms with E-state index in [9.17, 15) is 0 Å². The lowest BCUT2D eigenvalue weighted by atomic mass is 9.98. The van der Waals surface area contributed by atoms with Gasteiger partial charge in [0.2, 0.25) is 0 Å². The van der Waals surface area contributed by atoms with Gasteiger partial charge >= 0.3 is 0 Å². The summed E-state index contributed by atoms with van der Waals surface area (Å²) in [7, 11) is 0. The van der Waals surface area contributed by atoms with Crippen LogP contribution >= 0.6 is 0 Å². The third-order valence-electron chi connectivity index (χ3n) is 2.90. The second kappa shape index (κ2) is 4.62. The second-order valence-corrected chi connectivity index (χ2v) is 4.06. The first-order valence-corrected chi connectivity index (χ1v) is 5.33. The van der Waals surface area contributed by atoms with E-state index in [-0.39, 0.29) is 0 Å². The van der Waals surface area contributed by atoms with Crippen LogP contribution in [-0.2, 0) is 6.54 Å². The lowest BCUT2D eigenvalue weighted by Crippen LogP contribution is -2.37. The molecule has 0 unspecified atom stereocenters. The average Bonchev–Trinajstić information content (AvgIpc) is 2.71. The fourth-order valence-electron chi connectivity index (χ4n) is 2.11. The molecule has 1 aromatic rings. The van der Waals surface area contributed by atoms with Gasteiger partial charge in [0.15, 0.2) is 0 Å². The molecule has 1 aromatic heterocycles. The van der Waals surface area contributed by atoms with Crippen LogP contribution in [0.1, 0.15) is 18.6 Å². The topological polar surface area (TPSA) is 42.4 Å². The summed E-state index contributed by atoms with van der Waals surface area (Å²) in [5.74, 6) is 1.74. The maximum atomic E-state index is 5.69. The fraction of sp³-hybridized carbons (Fsp3) is 0.636. The molecule has 0 amide bonds. The molecule has 0 aliphatic carbocycles. The Morgan fingerprint density at radius 1 is 1.57 bits per heavy atom. The molecular weight excluding hydrogens is 176 g/mol. The van der Waals surface area contributed by atoms with Crippen molar-refractivity contribution in [3.8, 4) is 0 Å². The molecule has 0 radical (unpaired) electrons. The highest BCUT2D eigenvalue weighted by Crippen LogP contribution is 2.17. The molecule has 1 aliphatic heterocycles. The van der Waals surface area contributed by atoms with Gasteiger partial charge in [0.25, 0.3) is 0 Å². The van der Waals surface area contributed by atoms with Crippen molar-refractivity contribution in [1.29, 1.82) is 0 Å². The summed E-state index contributed by atoms with van der Waals surface area (Å²) >= 11 is 0. The van der Waals surface area contributed by atoms with E-state index < -0.39 is 0 Å². The van der Waals surface area contributed by atoms with Crippen LogP contribution in [0.5, 0.6) is 0 Å². The molecule has 1 aliphatic rings. The number of nitrogens with zero attached hydrogens (tertiary/aromatic N) is 1. The monoisotopic (exact) mass is 194 g/mol. The van der Waals surface area contributed by atoms with Crippen molar-refractivity contribution >= 4 is 0 Å². The van der Waals surface area contributed by atoms with E-state index in [0.717, 1.165) is 25.4 Å². The molecule has 14 heavy (non-hydrogen) atoms. The van der Waals surface area contributed by atoms with Crippen molar-refractivity contribution < 1.29 is 4.42 Å². The van der Waals surface area contributed by atoms with Gasteiger partial charge in [-0.3, -0.25) is 4.90 Å². The Morgan fingerprint density at radius 3 is 3.21 bits per heavy atom. The van der Waals surface area contributed by atoms with Gasteiger partial charge in [-0.05, 0) is 44.0 Å². The van der Waals surface area contributed by atoms with E-state index >= 15 is 0 Å². The molecule has 0 aromatic carbocycles. The van der Waals surface area contributed by atoms with Crippen LogP contribution in [0.15, 0.2) is 22.8 Å². The molecule has 2 heterocycles. The number of piperidine rings is 1. The van der Waals surface area contributed by atoms with E-state index in [1.807, 2.05) is 12.1 Å². The van der Waals surface area contributed by atoms with E-state index in [2.05, 4.69) is 4.90 Å². The first-order valence-electron chi connectivity index (χ1n) is 5.33. The lowest BCUT2D eigenvalue weighted by Gasteiger charge is -2.31. The summed E-state index contributed by atoms with van der Waals surface area (Å²) in [5, 5.41) is 0. The molecule has 0 spiro atoms. The zero-order chi connectivity index (χ0) is 9.80. The maximum absolute atomic E-state index is 5.69. The number of rotatable bonds is 3. The molecule has 3 heteroatoms. The molecular formula is C11H18N2O. The zero-order valence-electron chi connectivity index (χ0n) is 8.48. The number of hydrogen-bond donors (Lipinski definition) is 1. The predicted octanol–water partition coefficient (Wildman–Crippen LogP) is 1.45. The quantitative estimate of drug-likeness (QED) is 0.792. The van der Waals surface area contributed by atoms with Crippen LogP contribution in [0.4, 0.5) is 0 Å². The summed E-state index contributed by atoms with van der Waals surface area (Å²) < 4.78 is 5.33. The fourth-order valence-corrected chi connectivity index (χ4v) is 2.11. The standard InChI is InChI=1S/C11H18N2O/c12-7-10-3-1-5-13(8-10)9-11-4-2-6-14-11/h2,4,6,10H,1,3,5,7-9,12H2/t10-/m1/s1. The van der Waals surface area contributed by atoms with Gasteiger partial charge in [-0.15, -0.1) is 0 Å². The Balaban J connectivity index is 1.86. The SMILES string of the molecule is NC[C@H]1CCCN(Cc2ccco2)C1. The smallest absolute Gasteiger partial charge is 0.117 e. The van der Waals surface area contributed by atoms with Crippen molar-refractivity contribution in [2.45, 2.75) is 19.4 Å². The highest BCUT2D eigenvalue weighted by molar-refractivity contribution is 4.98. The molecule has 1 fully saturated rings. The highest BCUT2D eigenvalue weighted by atomic mass is 16.3. The number of nitrogens with two attached hydrogens (primary N) is 1. The van der Waals surface area contributed by atoms with Crippen molar-refractivity contribution in [2.24, 2.45) is 11.7 Å². The van der Waals surface area contributed by atoms with Crippen molar-refractivity contribution in [3.63, 3.8) is 0 Å². The summed E-state index contributed by atoms with van der Waals surface area (Å²) in [5.41, 5.74) is 5.69. The van der Waals surface area contributed by atoms with Gasteiger partial charge in [0, 0.05) is 6.54 Å². The molecule has 3 nitrogen and oxygen atoms in total. The largest absolute Gasteiger partial charge is 0.468 e. The number of hydrogen-bond acceptors (Lipinski definition) is 3. The van der Waals surface area contributed by atoms with Crippen molar-refractivity contribution in [2.75, 3.05) is 19.6 Å². The zero-order valence-corrected chi connectivity index (χ0v) is 8.48. The first-order chi connectivity index (χ1) is 6.88. The van der Waals surface area contributed by atoms with Crippen LogP contribution in [0, 0.1) is 5.92 Å². The molecule has 1 atom stereocenters. The molecule has 0 saturated carbocycles. The molecule has 2 rings (SSSR count). The molecule has 1 saturated heterocycles. The van der Waals surface area contributed by atoms with E-state index in [1.54, 1.807) is 6.26 Å². The van der Waals surface area contributed by atoms with E-state index in [4.69, 9.17) is 10.2 Å². The average molecular weight is 194 g/mol. The Bertz CT molecular complexity index is 258. The summed E-state index contributed by atoms with van der Waals surface area (Å²) in [6, 6.07) is 3.98. The summed E-state index contributed by atoms with van der Waals surface area (Å²) in [6.07, 6.45) is 4.29. The summed E-state index contributed by atoms with van der Waals surface area (Å²) in [6.45, 7) is 4.05. The molecule has 78 valence electrons. The minimum absolute atomic E-state index is 0.679. The minimum atomic E-state index is 0.679. The van der Waals surface area contributed by atoms with Crippen LogP contribution in [0.3, 0.4) is 0 Å². The van der Waals surface area contributed by atoms with Gasteiger partial charge < -0.3 is 10.2 Å². The first kappa shape index (κ1) is 9.74. The highest BCUT2D eigenvalue weighted by Gasteiger charge is 2.18. The third kappa shape index (κ3) is 2.36. The minimum Gasteiger partial charge on any atom is -0.468 e. The maximum Gasteiger partial charge on any atom is 0.117 e. The Labute approximate surface area is 84.9 Å². The van der Waals surface area contributed by atoms with Gasteiger partial charge in [0.05, 0.1) is 12.8 Å². The van der Waals surface area contributed by atoms with Gasteiger partial charge in [-0.25, -0.2) is 0 Å². The van der Waals surface area contributed by atoms with Gasteiger partial charge in [-0.2, -0.15) is 0 Å². The lowest BCUT2D eigenvalue weighted by molar-refractivity contribution is 0.160. The molecule has 2 N–H and O–H groups in total. The van der Waals surface area contributed by atoms with Gasteiger partial charge in [-0.1, -0.05) is 0 Å². The van der Waals surface area contributed by atoms with Crippen LogP contribution < -0.4 is 5.73 Å². The third-order valence-corrected chi connectivity index (χ3v) is 2.90. The van der Waals surface area contributed by atoms with Crippen LogP contribution in [0.25, 0.3) is 0 Å². The van der Waals surface area contributed by atoms with Crippen molar-refractivity contribution in [3.05, 3.63) is 24.2 Å². The normalized spacial score (nSPS) is 23.9. The molecule has 0 bridgehead atoms. The Morgan fingerprint density at radius 2 is 2.50 bits per heavy atom. The Hall–Kier alpha value is -0.800. The summed E-state index contributed by atoms with van der Waals surface area (Å²) in [4.78, 5) is 2.43. The number of furan rings is 1. The van der Waals surface area contributed by atoms with E-state index in [0.29, 0.717) is 5.92 Å². The number of likely N-dealkylation sites (tertiary alicyclic amines) is 1. The van der Waals surface area contributed by atoms with Crippen LogP contribution in [-0.4, -0.2) is 24.5 Å². The predicted molar refractivity (Wildman–Crippen MR) is 55.8 cm³/mol. The van der Waals surface area contributed by atoms with Crippen LogP contribution in [0.2, 0.25) is 0 Å². The second-order valence-electron chi connectivity index (χ2n) is 4.06. The Kier molecular flexibility index (Phi) is 3.22.